The van der Waals surface area contributed by atoms with Crippen LogP contribution in [0, 0.1) is 5.82 Å². The van der Waals surface area contributed by atoms with Crippen molar-refractivity contribution < 1.29 is 9.18 Å². The summed E-state index contributed by atoms with van der Waals surface area (Å²) >= 11 is 0. The summed E-state index contributed by atoms with van der Waals surface area (Å²) in [4.78, 5) is 17.3. The second-order valence-corrected chi connectivity index (χ2v) is 6.76. The number of hydrogen-bond acceptors (Lipinski definition) is 2. The van der Waals surface area contributed by atoms with Gasteiger partial charge >= 0.3 is 0 Å². The van der Waals surface area contributed by atoms with Crippen molar-refractivity contribution in [2.75, 3.05) is 0 Å². The van der Waals surface area contributed by atoms with Crippen LogP contribution in [0.2, 0.25) is 0 Å². The van der Waals surface area contributed by atoms with Crippen LogP contribution < -0.4 is 5.32 Å². The Morgan fingerprint density at radius 3 is 2.57 bits per heavy atom. The maximum Gasteiger partial charge on any atom is 0.225 e. The largest absolute Gasteiger partial charge is 0.342 e. The van der Waals surface area contributed by atoms with Crippen molar-refractivity contribution >= 4 is 16.7 Å². The molecule has 3 aromatic carbocycles. The molecule has 4 nitrogen and oxygen atoms in total. The third-order valence-corrected chi connectivity index (χ3v) is 4.86. The Kier molecular flexibility index (Phi) is 4.89. The highest BCUT2D eigenvalue weighted by Gasteiger charge is 2.21. The minimum Gasteiger partial charge on any atom is -0.342 e. The lowest BCUT2D eigenvalue weighted by molar-refractivity contribution is -0.121. The molecule has 0 saturated carbocycles. The molecule has 0 bridgehead atoms. The van der Waals surface area contributed by atoms with Crippen LogP contribution >= 0.6 is 0 Å². The lowest BCUT2D eigenvalue weighted by Crippen LogP contribution is -2.32. The standard InChI is InChI=1S/C23H20FN3O/c1-27-14-13-25-23(27)22(17-9-11-19(24)12-10-17)26-21(28)15-18-7-4-6-16-5-2-3-8-20(16)18/h2-14,22H,15H2,1H3,(H,26,28)/t22-/m0/s1. The summed E-state index contributed by atoms with van der Waals surface area (Å²) in [6, 6.07) is 19.6. The van der Waals surface area contributed by atoms with Gasteiger partial charge in [-0.05, 0) is 34.0 Å². The van der Waals surface area contributed by atoms with Gasteiger partial charge in [0.1, 0.15) is 17.7 Å². The second kappa shape index (κ2) is 7.64. The molecule has 4 aromatic rings. The number of aryl methyl sites for hydroxylation is 1. The predicted molar refractivity (Wildman–Crippen MR) is 107 cm³/mol. The fourth-order valence-electron chi connectivity index (χ4n) is 3.44. The van der Waals surface area contributed by atoms with Crippen molar-refractivity contribution in [3.8, 4) is 0 Å². The molecular weight excluding hydrogens is 353 g/mol. The van der Waals surface area contributed by atoms with Gasteiger partial charge in [-0.25, -0.2) is 9.37 Å². The molecule has 28 heavy (non-hydrogen) atoms. The van der Waals surface area contributed by atoms with E-state index in [2.05, 4.69) is 10.3 Å². The Morgan fingerprint density at radius 2 is 1.82 bits per heavy atom. The van der Waals surface area contributed by atoms with Crippen molar-refractivity contribution in [1.29, 1.82) is 0 Å². The summed E-state index contributed by atoms with van der Waals surface area (Å²) < 4.78 is 15.2. The number of carbonyl (C=O) groups is 1. The lowest BCUT2D eigenvalue weighted by Gasteiger charge is -2.19. The summed E-state index contributed by atoms with van der Waals surface area (Å²) in [5.41, 5.74) is 1.75. The van der Waals surface area contributed by atoms with E-state index < -0.39 is 6.04 Å². The first-order valence-electron chi connectivity index (χ1n) is 9.10. The van der Waals surface area contributed by atoms with E-state index in [1.165, 1.54) is 12.1 Å². The van der Waals surface area contributed by atoms with Crippen molar-refractivity contribution in [3.63, 3.8) is 0 Å². The first kappa shape index (κ1) is 17.9. The minimum atomic E-state index is -0.455. The van der Waals surface area contributed by atoms with Crippen LogP contribution in [0.5, 0.6) is 0 Å². The topological polar surface area (TPSA) is 46.9 Å². The van der Waals surface area contributed by atoms with E-state index in [1.54, 1.807) is 18.3 Å². The molecule has 0 radical (unpaired) electrons. The fourth-order valence-corrected chi connectivity index (χ4v) is 3.44. The number of halogens is 1. The quantitative estimate of drug-likeness (QED) is 0.571. The number of imidazole rings is 1. The zero-order chi connectivity index (χ0) is 19.5. The van der Waals surface area contributed by atoms with Crippen LogP contribution in [0.3, 0.4) is 0 Å². The van der Waals surface area contributed by atoms with Gasteiger partial charge in [0.15, 0.2) is 0 Å². The van der Waals surface area contributed by atoms with Gasteiger partial charge in [0.05, 0.1) is 6.42 Å². The summed E-state index contributed by atoms with van der Waals surface area (Å²) in [5, 5.41) is 5.23. The van der Waals surface area contributed by atoms with Gasteiger partial charge in [-0.15, -0.1) is 0 Å². The van der Waals surface area contributed by atoms with E-state index in [4.69, 9.17) is 0 Å². The molecule has 0 aliphatic heterocycles. The maximum atomic E-state index is 13.4. The normalized spacial score (nSPS) is 12.1. The number of hydrogen-bond donors (Lipinski definition) is 1. The lowest BCUT2D eigenvalue weighted by atomic mass is 10.0. The molecule has 1 N–H and O–H groups in total. The van der Waals surface area contributed by atoms with Crippen LogP contribution in [0.1, 0.15) is 23.0 Å². The highest BCUT2D eigenvalue weighted by molar-refractivity contribution is 5.90. The molecule has 0 aliphatic carbocycles. The summed E-state index contributed by atoms with van der Waals surface area (Å²) in [6.45, 7) is 0. The molecule has 1 aromatic heterocycles. The van der Waals surface area contributed by atoms with Gasteiger partial charge < -0.3 is 9.88 Å². The Hall–Kier alpha value is -3.47. The van der Waals surface area contributed by atoms with Crippen LogP contribution in [0.15, 0.2) is 79.1 Å². The van der Waals surface area contributed by atoms with Gasteiger partial charge in [0.25, 0.3) is 0 Å². The van der Waals surface area contributed by atoms with Gasteiger partial charge in [0, 0.05) is 19.4 Å². The number of nitrogens with one attached hydrogen (secondary N) is 1. The predicted octanol–water partition coefficient (Wildman–Crippen LogP) is 4.16. The van der Waals surface area contributed by atoms with E-state index in [-0.39, 0.29) is 18.1 Å². The number of carbonyl (C=O) groups excluding carboxylic acids is 1. The smallest absolute Gasteiger partial charge is 0.225 e. The third-order valence-electron chi connectivity index (χ3n) is 4.86. The van der Waals surface area contributed by atoms with Gasteiger partial charge in [-0.3, -0.25) is 4.79 Å². The van der Waals surface area contributed by atoms with Crippen LogP contribution in [-0.4, -0.2) is 15.5 Å². The van der Waals surface area contributed by atoms with Gasteiger partial charge in [-0.2, -0.15) is 0 Å². The number of aromatic nitrogens is 2. The number of rotatable bonds is 5. The van der Waals surface area contributed by atoms with Gasteiger partial charge in [-0.1, -0.05) is 54.6 Å². The van der Waals surface area contributed by atoms with E-state index in [0.717, 1.165) is 21.9 Å². The van der Waals surface area contributed by atoms with Crippen molar-refractivity contribution in [3.05, 3.63) is 102 Å². The van der Waals surface area contributed by atoms with Crippen LogP contribution in [0.25, 0.3) is 10.8 Å². The number of benzene rings is 3. The minimum absolute atomic E-state index is 0.117. The van der Waals surface area contributed by atoms with E-state index in [9.17, 15) is 9.18 Å². The zero-order valence-electron chi connectivity index (χ0n) is 15.5. The van der Waals surface area contributed by atoms with Crippen molar-refractivity contribution in [2.24, 2.45) is 7.05 Å². The molecule has 0 saturated heterocycles. The summed E-state index contributed by atoms with van der Waals surface area (Å²) in [5.74, 6) is 0.260. The highest BCUT2D eigenvalue weighted by atomic mass is 19.1. The molecule has 140 valence electrons. The average molecular weight is 373 g/mol. The molecular formula is C23H20FN3O. The van der Waals surface area contributed by atoms with Crippen molar-refractivity contribution in [2.45, 2.75) is 12.5 Å². The number of amides is 1. The molecule has 5 heteroatoms. The Bertz CT molecular complexity index is 1110. The van der Waals surface area contributed by atoms with Crippen molar-refractivity contribution in [1.82, 2.24) is 14.9 Å². The highest BCUT2D eigenvalue weighted by Crippen LogP contribution is 2.22. The van der Waals surface area contributed by atoms with Crippen LogP contribution in [-0.2, 0) is 18.3 Å². The van der Waals surface area contributed by atoms with Gasteiger partial charge in [0.2, 0.25) is 5.91 Å². The SMILES string of the molecule is Cn1ccnc1[C@@H](NC(=O)Cc1cccc2ccccc12)c1ccc(F)cc1. The molecule has 0 aliphatic rings. The monoisotopic (exact) mass is 373 g/mol. The summed E-state index contributed by atoms with van der Waals surface area (Å²) in [7, 11) is 1.87. The molecule has 1 atom stereocenters. The maximum absolute atomic E-state index is 13.4. The van der Waals surface area contributed by atoms with E-state index >= 15 is 0 Å². The average Bonchev–Trinajstić information content (AvgIpc) is 3.13. The van der Waals surface area contributed by atoms with E-state index in [0.29, 0.717) is 5.82 Å². The first-order valence-corrected chi connectivity index (χ1v) is 9.10. The fraction of sp³-hybridized carbons (Fsp3) is 0.130. The molecule has 4 rings (SSSR count). The first-order chi connectivity index (χ1) is 13.6. The Morgan fingerprint density at radius 1 is 1.07 bits per heavy atom. The Balaban J connectivity index is 1.62. The molecule has 0 spiro atoms. The number of nitrogens with zero attached hydrogens (tertiary/aromatic N) is 2. The second-order valence-electron chi connectivity index (χ2n) is 6.76. The Labute approximate surface area is 162 Å². The van der Waals surface area contributed by atoms with Crippen LogP contribution in [0.4, 0.5) is 4.39 Å². The third kappa shape index (κ3) is 3.64. The number of fused-ring (bicyclic) bond motifs is 1. The molecule has 0 unspecified atom stereocenters. The molecule has 1 amide bonds. The summed E-state index contributed by atoms with van der Waals surface area (Å²) in [6.07, 6.45) is 3.76. The van der Waals surface area contributed by atoms with E-state index in [1.807, 2.05) is 60.3 Å². The molecule has 0 fully saturated rings. The zero-order valence-corrected chi connectivity index (χ0v) is 15.5. The molecule has 1 heterocycles.